The largest absolute Gasteiger partial charge is 0.372 e. The minimum atomic E-state index is 0.648. The van der Waals surface area contributed by atoms with Crippen LogP contribution in [0.1, 0.15) is 55.5 Å². The number of anilines is 2. The van der Waals surface area contributed by atoms with Gasteiger partial charge in [0.25, 0.3) is 0 Å². The monoisotopic (exact) mass is 507 g/mol. The van der Waals surface area contributed by atoms with Crippen LogP contribution in [0.2, 0.25) is 0 Å². The van der Waals surface area contributed by atoms with E-state index >= 15 is 0 Å². The van der Waals surface area contributed by atoms with Crippen molar-refractivity contribution in [3.8, 4) is 0 Å². The summed E-state index contributed by atoms with van der Waals surface area (Å²) in [4.78, 5) is 8.28. The number of nitrogens with zero attached hydrogens (tertiary/aromatic N) is 2. The number of fused-ring (bicyclic) bond motifs is 1. The van der Waals surface area contributed by atoms with E-state index in [-0.39, 0.29) is 0 Å². The Kier molecular flexibility index (Phi) is 9.19. The Morgan fingerprint density at radius 2 is 1.42 bits per heavy atom. The zero-order valence-corrected chi connectivity index (χ0v) is 23.7. The Labute approximate surface area is 229 Å². The molecule has 3 N–H and O–H groups in total. The molecule has 198 valence electrons. The number of hydrogen-bond acceptors (Lipinski definition) is 3. The number of aryl methyl sites for hydroxylation is 1. The molecule has 0 unspecified atom stereocenters. The first kappa shape index (κ1) is 27.4. The van der Waals surface area contributed by atoms with Gasteiger partial charge < -0.3 is 15.5 Å². The van der Waals surface area contributed by atoms with Gasteiger partial charge in [0.1, 0.15) is 6.54 Å². The first-order chi connectivity index (χ1) is 18.6. The normalized spacial score (nSPS) is 14.9. The first-order valence-electron chi connectivity index (χ1n) is 14.1. The molecule has 0 amide bonds. The van der Waals surface area contributed by atoms with Crippen molar-refractivity contribution in [2.24, 2.45) is 5.73 Å². The molecular formula is C34H43N4+. The summed E-state index contributed by atoms with van der Waals surface area (Å²) < 4.78 is 0. The lowest BCUT2D eigenvalue weighted by Gasteiger charge is -2.25. The molecule has 0 aromatic heterocycles. The molecule has 0 radical (unpaired) electrons. The van der Waals surface area contributed by atoms with Crippen LogP contribution >= 0.6 is 0 Å². The third kappa shape index (κ3) is 5.61. The zero-order valence-electron chi connectivity index (χ0n) is 23.7. The summed E-state index contributed by atoms with van der Waals surface area (Å²) >= 11 is 0. The van der Waals surface area contributed by atoms with E-state index in [1.807, 2.05) is 0 Å². The maximum atomic E-state index is 5.87. The number of hydrogen-bond donors (Lipinski definition) is 2. The van der Waals surface area contributed by atoms with Crippen LogP contribution in [-0.4, -0.2) is 45.0 Å². The molecule has 0 saturated heterocycles. The molecule has 0 atom stereocenters. The van der Waals surface area contributed by atoms with Gasteiger partial charge >= 0.3 is 0 Å². The molecule has 4 heteroatoms. The van der Waals surface area contributed by atoms with Crippen molar-refractivity contribution in [2.45, 2.75) is 34.6 Å². The van der Waals surface area contributed by atoms with E-state index < -0.39 is 0 Å². The second-order valence-electron chi connectivity index (χ2n) is 9.70. The summed E-state index contributed by atoms with van der Waals surface area (Å²) in [5, 5.41) is 0. The van der Waals surface area contributed by atoms with Gasteiger partial charge in [0, 0.05) is 50.2 Å². The van der Waals surface area contributed by atoms with Crippen molar-refractivity contribution in [3.05, 3.63) is 107 Å². The van der Waals surface area contributed by atoms with Gasteiger partial charge in [-0.3, -0.25) is 0 Å². The maximum Gasteiger partial charge on any atom is 0.206 e. The predicted molar refractivity (Wildman–Crippen MR) is 165 cm³/mol. The van der Waals surface area contributed by atoms with Crippen molar-refractivity contribution in [1.82, 2.24) is 0 Å². The highest BCUT2D eigenvalue weighted by molar-refractivity contribution is 6.17. The predicted octanol–water partition coefficient (Wildman–Crippen LogP) is 5.04. The van der Waals surface area contributed by atoms with Crippen molar-refractivity contribution < 1.29 is 4.99 Å². The first-order valence-corrected chi connectivity index (χ1v) is 14.1. The highest BCUT2D eigenvalue weighted by atomic mass is 15.1. The zero-order chi connectivity index (χ0) is 27.1. The van der Waals surface area contributed by atoms with Gasteiger partial charge in [0.05, 0.1) is 5.56 Å². The van der Waals surface area contributed by atoms with E-state index in [0.29, 0.717) is 6.54 Å². The lowest BCUT2D eigenvalue weighted by molar-refractivity contribution is -0.450. The average molecular weight is 508 g/mol. The highest BCUT2D eigenvalue weighted by Gasteiger charge is 2.23. The minimum Gasteiger partial charge on any atom is -0.372 e. The van der Waals surface area contributed by atoms with E-state index in [4.69, 9.17) is 5.73 Å². The molecule has 4 rings (SSSR count). The molecule has 3 aromatic rings. The second kappa shape index (κ2) is 12.7. The van der Waals surface area contributed by atoms with E-state index in [1.165, 1.54) is 56.0 Å². The summed E-state index contributed by atoms with van der Waals surface area (Å²) in [6, 6.07) is 24.7. The van der Waals surface area contributed by atoms with Crippen LogP contribution < -0.4 is 20.5 Å². The number of allylic oxidation sites excluding steroid dienone is 3. The molecule has 0 saturated carbocycles. The van der Waals surface area contributed by atoms with E-state index in [1.54, 1.807) is 0 Å². The Balaban J connectivity index is 1.94. The van der Waals surface area contributed by atoms with Gasteiger partial charge in [0.15, 0.2) is 0 Å². The number of likely N-dealkylation sites (N-methyl/N-ethyl adjacent to an activating group) is 1. The van der Waals surface area contributed by atoms with Gasteiger partial charge in [-0.25, -0.2) is 4.99 Å². The average Bonchev–Trinajstić information content (AvgIpc) is 2.95. The van der Waals surface area contributed by atoms with Crippen molar-refractivity contribution in [2.75, 3.05) is 49.1 Å². The van der Waals surface area contributed by atoms with Gasteiger partial charge in [-0.05, 0) is 104 Å². The van der Waals surface area contributed by atoms with Crippen molar-refractivity contribution >= 4 is 28.2 Å². The quantitative estimate of drug-likeness (QED) is 0.404. The molecule has 1 aliphatic carbocycles. The maximum absolute atomic E-state index is 5.87. The Morgan fingerprint density at radius 1 is 0.763 bits per heavy atom. The third-order valence-electron chi connectivity index (χ3n) is 7.47. The van der Waals surface area contributed by atoms with Gasteiger partial charge in [-0.1, -0.05) is 36.4 Å². The van der Waals surface area contributed by atoms with Gasteiger partial charge in [-0.2, -0.15) is 0 Å². The molecule has 0 spiro atoms. The van der Waals surface area contributed by atoms with Crippen LogP contribution in [0.3, 0.4) is 0 Å². The lowest BCUT2D eigenvalue weighted by atomic mass is 9.82. The van der Waals surface area contributed by atoms with Crippen LogP contribution in [0, 0.1) is 6.92 Å². The van der Waals surface area contributed by atoms with Crippen LogP contribution in [0.4, 0.5) is 11.4 Å². The molecule has 0 fully saturated rings. The number of rotatable bonds is 10. The van der Waals surface area contributed by atoms with Gasteiger partial charge in [0.2, 0.25) is 5.71 Å². The van der Waals surface area contributed by atoms with Crippen LogP contribution in [0.5, 0.6) is 0 Å². The summed E-state index contributed by atoms with van der Waals surface area (Å²) in [7, 11) is 0. The van der Waals surface area contributed by atoms with Crippen LogP contribution in [0.15, 0.2) is 78.9 Å². The fourth-order valence-electron chi connectivity index (χ4n) is 5.50. The molecule has 0 aliphatic heterocycles. The van der Waals surface area contributed by atoms with E-state index in [9.17, 15) is 0 Å². The standard InChI is InChI=1S/C34H42N4/c1-6-36-33-21-20-32(30-12-10-11-13-31(30)33)34(26-14-16-27(17-15-26)38(9-4)23-22-35)29-19-18-28(24-25(29)5)37(7-2)8-3/h10-21,24H,6-9,22-23,35H2,1-5H3/p+1/b34-32+,36-33?. The van der Waals surface area contributed by atoms with Crippen LogP contribution in [0.25, 0.3) is 11.1 Å². The Bertz CT molecular complexity index is 1330. The lowest BCUT2D eigenvalue weighted by Crippen LogP contribution is -2.72. The number of nitrogens with two attached hydrogens (primary N) is 1. The Morgan fingerprint density at radius 3 is 2.03 bits per heavy atom. The number of benzene rings is 3. The summed E-state index contributed by atoms with van der Waals surface area (Å²) in [6.07, 6.45) is 4.52. The molecule has 3 aromatic carbocycles. The number of nitrogens with one attached hydrogen (secondary N) is 1. The molecule has 4 nitrogen and oxygen atoms in total. The molecular weight excluding hydrogens is 464 g/mol. The topological polar surface area (TPSA) is 46.5 Å². The fraction of sp³-hybridized carbons (Fsp3) is 0.324. The smallest absolute Gasteiger partial charge is 0.206 e. The molecule has 0 bridgehead atoms. The minimum absolute atomic E-state index is 0.648. The molecule has 0 heterocycles. The molecule has 38 heavy (non-hydrogen) atoms. The van der Waals surface area contributed by atoms with E-state index in [0.717, 1.165) is 32.7 Å². The second-order valence-corrected chi connectivity index (χ2v) is 9.70. The third-order valence-corrected chi connectivity index (χ3v) is 7.47. The Hall–Kier alpha value is -3.63. The van der Waals surface area contributed by atoms with Crippen molar-refractivity contribution in [1.29, 1.82) is 0 Å². The van der Waals surface area contributed by atoms with E-state index in [2.05, 4.69) is 128 Å². The summed E-state index contributed by atoms with van der Waals surface area (Å²) in [5.74, 6) is 0. The fourth-order valence-corrected chi connectivity index (χ4v) is 5.50. The van der Waals surface area contributed by atoms with Crippen molar-refractivity contribution in [3.63, 3.8) is 0 Å². The molecule has 1 aliphatic rings. The SMILES string of the molecule is CC[NH+]=C1C=C/C(=C(/c2ccc(N(CC)CCN)cc2)c2ccc(N(CC)CC)cc2C)c2ccccc21. The summed E-state index contributed by atoms with van der Waals surface area (Å²) in [5.41, 5.74) is 18.3. The summed E-state index contributed by atoms with van der Waals surface area (Å²) in [6.45, 7) is 16.3. The van der Waals surface area contributed by atoms with Crippen LogP contribution in [-0.2, 0) is 0 Å². The van der Waals surface area contributed by atoms with Gasteiger partial charge in [-0.15, -0.1) is 0 Å². The highest BCUT2D eigenvalue weighted by Crippen LogP contribution is 2.39.